The average molecular weight is 340 g/mol. The number of pyridine rings is 1. The molecule has 0 aliphatic carbocycles. The maximum Gasteiger partial charge on any atom is 0.126 e. The minimum atomic E-state index is 0.747. The molecule has 0 unspecified atom stereocenters. The van der Waals surface area contributed by atoms with Gasteiger partial charge >= 0.3 is 0 Å². The number of nitrogens with one attached hydrogen (secondary N) is 1. The Morgan fingerprint density at radius 2 is 2.08 bits per heavy atom. The Labute approximate surface area is 145 Å². The van der Waals surface area contributed by atoms with Gasteiger partial charge in [-0.15, -0.1) is 11.3 Å². The van der Waals surface area contributed by atoms with E-state index in [-0.39, 0.29) is 0 Å². The molecule has 1 aliphatic heterocycles. The fourth-order valence-corrected chi connectivity index (χ4v) is 3.67. The van der Waals surface area contributed by atoms with Crippen LogP contribution in [0.3, 0.4) is 0 Å². The van der Waals surface area contributed by atoms with E-state index in [4.69, 9.17) is 0 Å². The molecule has 4 rings (SSSR count). The summed E-state index contributed by atoms with van der Waals surface area (Å²) in [6.45, 7) is 4.71. The van der Waals surface area contributed by atoms with Gasteiger partial charge in [0.1, 0.15) is 16.6 Å². The molecule has 0 aromatic carbocycles. The van der Waals surface area contributed by atoms with Crippen LogP contribution in [-0.2, 0) is 26.1 Å². The van der Waals surface area contributed by atoms with Gasteiger partial charge in [-0.2, -0.15) is 0 Å². The highest BCUT2D eigenvalue weighted by Gasteiger charge is 2.18. The lowest BCUT2D eigenvalue weighted by molar-refractivity contribution is 0.270. The summed E-state index contributed by atoms with van der Waals surface area (Å²) in [4.78, 5) is 15.8. The summed E-state index contributed by atoms with van der Waals surface area (Å²) in [6.07, 6.45) is 6.65. The molecule has 0 saturated heterocycles. The molecule has 1 aliphatic rings. The van der Waals surface area contributed by atoms with Crippen LogP contribution in [-0.4, -0.2) is 37.5 Å². The molecule has 0 atom stereocenters. The van der Waals surface area contributed by atoms with Crippen LogP contribution in [0.2, 0.25) is 0 Å². The second kappa shape index (κ2) is 7.11. The van der Waals surface area contributed by atoms with Gasteiger partial charge in [0.25, 0.3) is 0 Å². The summed E-state index contributed by atoms with van der Waals surface area (Å²) in [6, 6.07) is 5.89. The zero-order chi connectivity index (χ0) is 16.2. The first-order valence-corrected chi connectivity index (χ1v) is 9.05. The third kappa shape index (κ3) is 3.47. The number of anilines is 1. The Bertz CT molecular complexity index is 768. The van der Waals surface area contributed by atoms with Gasteiger partial charge in [0.2, 0.25) is 0 Å². The van der Waals surface area contributed by atoms with E-state index >= 15 is 0 Å². The summed E-state index contributed by atoms with van der Waals surface area (Å²) >= 11 is 1.73. The second-order valence-corrected chi connectivity index (χ2v) is 6.82. The van der Waals surface area contributed by atoms with E-state index < -0.39 is 0 Å². The Morgan fingerprint density at radius 3 is 2.92 bits per heavy atom. The maximum atomic E-state index is 4.62. The lowest BCUT2D eigenvalue weighted by Crippen LogP contribution is -2.26. The first-order chi connectivity index (χ1) is 11.9. The van der Waals surface area contributed by atoms with Gasteiger partial charge in [-0.3, -0.25) is 4.90 Å². The summed E-state index contributed by atoms with van der Waals surface area (Å²) in [7, 11) is 0. The van der Waals surface area contributed by atoms with Crippen molar-refractivity contribution in [2.45, 2.75) is 26.1 Å². The van der Waals surface area contributed by atoms with Crippen LogP contribution in [0.25, 0.3) is 0 Å². The van der Waals surface area contributed by atoms with Crippen molar-refractivity contribution >= 4 is 17.2 Å². The van der Waals surface area contributed by atoms with Crippen LogP contribution >= 0.6 is 11.3 Å². The highest BCUT2D eigenvalue weighted by molar-refractivity contribution is 7.09. The van der Waals surface area contributed by atoms with Crippen LogP contribution in [0, 0.1) is 0 Å². The quantitative estimate of drug-likeness (QED) is 0.773. The van der Waals surface area contributed by atoms with Crippen molar-refractivity contribution in [1.82, 2.24) is 24.4 Å². The van der Waals surface area contributed by atoms with Crippen LogP contribution in [0.4, 0.5) is 5.82 Å². The standard InChI is InChI=1S/C17H20N6S/c1-2-5-18-15(3-1)20-11-14-12-21-16-4-7-22(8-9-23(14)16)13-17-19-6-10-24-17/h1-3,5-6,10,12H,4,7-9,11,13H2,(H,18,20). The lowest BCUT2D eigenvalue weighted by Gasteiger charge is -2.18. The molecule has 0 radical (unpaired) electrons. The largest absolute Gasteiger partial charge is 0.364 e. The number of fused-ring (bicyclic) bond motifs is 1. The fourth-order valence-electron chi connectivity index (χ4n) is 3.01. The minimum absolute atomic E-state index is 0.747. The number of thiazole rings is 1. The molecule has 1 N–H and O–H groups in total. The van der Waals surface area contributed by atoms with Gasteiger partial charge in [0, 0.05) is 43.8 Å². The first kappa shape index (κ1) is 15.3. The molecule has 3 aromatic rings. The summed E-state index contributed by atoms with van der Waals surface area (Å²) < 4.78 is 2.35. The number of hydrogen-bond acceptors (Lipinski definition) is 6. The molecule has 3 aromatic heterocycles. The molecule has 7 heteroatoms. The highest BCUT2D eigenvalue weighted by Crippen LogP contribution is 2.15. The smallest absolute Gasteiger partial charge is 0.126 e. The van der Waals surface area contributed by atoms with Crippen molar-refractivity contribution < 1.29 is 0 Å². The number of aromatic nitrogens is 4. The Balaban J connectivity index is 1.40. The van der Waals surface area contributed by atoms with Crippen molar-refractivity contribution in [2.75, 3.05) is 18.4 Å². The molecule has 124 valence electrons. The monoisotopic (exact) mass is 340 g/mol. The predicted octanol–water partition coefficient (Wildman–Crippen LogP) is 2.41. The maximum absolute atomic E-state index is 4.62. The molecule has 0 amide bonds. The lowest BCUT2D eigenvalue weighted by atomic mass is 10.3. The molecule has 24 heavy (non-hydrogen) atoms. The van der Waals surface area contributed by atoms with Crippen LogP contribution in [0.5, 0.6) is 0 Å². The third-order valence-electron chi connectivity index (χ3n) is 4.27. The minimum Gasteiger partial charge on any atom is -0.364 e. The molecule has 0 bridgehead atoms. The number of hydrogen-bond donors (Lipinski definition) is 1. The zero-order valence-corrected chi connectivity index (χ0v) is 14.2. The topological polar surface area (TPSA) is 58.9 Å². The Kier molecular flexibility index (Phi) is 4.53. The van der Waals surface area contributed by atoms with Gasteiger partial charge in [0.05, 0.1) is 25.0 Å². The van der Waals surface area contributed by atoms with Gasteiger partial charge in [-0.05, 0) is 12.1 Å². The summed E-state index contributed by atoms with van der Waals surface area (Å²) in [5.74, 6) is 2.07. The summed E-state index contributed by atoms with van der Waals surface area (Å²) in [5, 5.41) is 6.60. The van der Waals surface area contributed by atoms with Gasteiger partial charge in [-0.1, -0.05) is 6.07 Å². The van der Waals surface area contributed by atoms with Crippen molar-refractivity contribution in [3.8, 4) is 0 Å². The van der Waals surface area contributed by atoms with E-state index in [0.29, 0.717) is 0 Å². The van der Waals surface area contributed by atoms with Crippen molar-refractivity contribution in [3.05, 3.63) is 58.7 Å². The molecule has 0 fully saturated rings. The van der Waals surface area contributed by atoms with Crippen molar-refractivity contribution in [1.29, 1.82) is 0 Å². The van der Waals surface area contributed by atoms with Crippen LogP contribution < -0.4 is 5.32 Å². The van der Waals surface area contributed by atoms with Crippen LogP contribution in [0.15, 0.2) is 42.2 Å². The van der Waals surface area contributed by atoms with Gasteiger partial charge in [0.15, 0.2) is 0 Å². The molecule has 4 heterocycles. The molecular weight excluding hydrogens is 320 g/mol. The van der Waals surface area contributed by atoms with E-state index in [1.165, 1.54) is 16.5 Å². The Hall–Kier alpha value is -2.25. The molecule has 6 nitrogen and oxygen atoms in total. The Morgan fingerprint density at radius 1 is 1.08 bits per heavy atom. The summed E-state index contributed by atoms with van der Waals surface area (Å²) in [5.41, 5.74) is 1.21. The highest BCUT2D eigenvalue weighted by atomic mass is 32.1. The SMILES string of the molecule is c1ccc(NCc2cnc3n2CCN(Cc2nccs2)CC3)nc1. The molecular formula is C17H20N6S. The fraction of sp³-hybridized carbons (Fsp3) is 0.353. The van der Waals surface area contributed by atoms with E-state index in [1.54, 1.807) is 17.5 Å². The first-order valence-electron chi connectivity index (χ1n) is 8.17. The van der Waals surface area contributed by atoms with E-state index in [0.717, 1.165) is 45.0 Å². The second-order valence-electron chi connectivity index (χ2n) is 5.84. The third-order valence-corrected chi connectivity index (χ3v) is 5.03. The van der Waals surface area contributed by atoms with Crippen molar-refractivity contribution in [3.63, 3.8) is 0 Å². The van der Waals surface area contributed by atoms with E-state index in [1.807, 2.05) is 36.0 Å². The van der Waals surface area contributed by atoms with E-state index in [2.05, 4.69) is 29.7 Å². The van der Waals surface area contributed by atoms with Crippen LogP contribution in [0.1, 0.15) is 16.5 Å². The van der Waals surface area contributed by atoms with Gasteiger partial charge in [-0.25, -0.2) is 15.0 Å². The van der Waals surface area contributed by atoms with Gasteiger partial charge < -0.3 is 9.88 Å². The zero-order valence-electron chi connectivity index (χ0n) is 13.4. The normalized spacial score (nSPS) is 15.0. The average Bonchev–Trinajstić information content (AvgIpc) is 3.21. The number of nitrogens with zero attached hydrogens (tertiary/aromatic N) is 5. The van der Waals surface area contributed by atoms with Crippen molar-refractivity contribution in [2.24, 2.45) is 0 Å². The molecule has 0 spiro atoms. The number of imidazole rings is 1. The predicted molar refractivity (Wildman–Crippen MR) is 94.9 cm³/mol. The number of rotatable bonds is 5. The molecule has 0 saturated carbocycles. The van der Waals surface area contributed by atoms with E-state index in [9.17, 15) is 0 Å².